The maximum atomic E-state index is 11.8. The maximum absolute atomic E-state index is 11.8. The van der Waals surface area contributed by atoms with Crippen molar-refractivity contribution in [2.45, 2.75) is 57.8 Å². The standard InChI is InChI=1S/C22H35N5O3.HI/c1-2-30-22(29)27-13-7-19(8-14-27)25-21(23)24-15-17-5-3-4-6-18(17)16-26-11-9-20(28)10-12-26;/h3-6,19-20,28H,2,7-16H2,1H3,(H3,23,24,25);1H. The van der Waals surface area contributed by atoms with Gasteiger partial charge in [-0.25, -0.2) is 9.79 Å². The van der Waals surface area contributed by atoms with Gasteiger partial charge in [-0.15, -0.1) is 24.0 Å². The fourth-order valence-corrected chi connectivity index (χ4v) is 4.03. The molecule has 31 heavy (non-hydrogen) atoms. The van der Waals surface area contributed by atoms with Crippen molar-refractivity contribution in [1.29, 1.82) is 0 Å². The Labute approximate surface area is 202 Å². The van der Waals surface area contributed by atoms with E-state index in [1.54, 1.807) is 4.90 Å². The Balaban J connectivity index is 0.00000341. The van der Waals surface area contributed by atoms with Crippen LogP contribution in [0.2, 0.25) is 0 Å². The van der Waals surface area contributed by atoms with E-state index in [2.05, 4.69) is 33.4 Å². The summed E-state index contributed by atoms with van der Waals surface area (Å²) in [7, 11) is 0. The lowest BCUT2D eigenvalue weighted by Gasteiger charge is -2.31. The maximum Gasteiger partial charge on any atom is 0.409 e. The first-order valence-electron chi connectivity index (χ1n) is 11.0. The fraction of sp³-hybridized carbons (Fsp3) is 0.636. The number of hydrogen-bond acceptors (Lipinski definition) is 5. The van der Waals surface area contributed by atoms with Gasteiger partial charge in [-0.2, -0.15) is 0 Å². The van der Waals surface area contributed by atoms with Crippen molar-refractivity contribution in [2.75, 3.05) is 32.8 Å². The van der Waals surface area contributed by atoms with Crippen molar-refractivity contribution >= 4 is 36.0 Å². The molecule has 0 bridgehead atoms. The molecule has 9 heteroatoms. The third kappa shape index (κ3) is 8.12. The molecule has 4 N–H and O–H groups in total. The van der Waals surface area contributed by atoms with Crippen LogP contribution in [0.3, 0.4) is 0 Å². The van der Waals surface area contributed by atoms with Gasteiger partial charge < -0.3 is 25.8 Å². The van der Waals surface area contributed by atoms with Gasteiger partial charge in [-0.3, -0.25) is 4.90 Å². The molecular formula is C22H36IN5O3. The molecule has 1 amide bonds. The van der Waals surface area contributed by atoms with Gasteiger partial charge in [-0.1, -0.05) is 24.3 Å². The van der Waals surface area contributed by atoms with Gasteiger partial charge in [0.25, 0.3) is 0 Å². The summed E-state index contributed by atoms with van der Waals surface area (Å²) in [4.78, 5) is 20.5. The number of aliphatic hydroxyl groups excluding tert-OH is 1. The van der Waals surface area contributed by atoms with Crippen molar-refractivity contribution in [1.82, 2.24) is 15.1 Å². The van der Waals surface area contributed by atoms with Crippen LogP contribution in [0.5, 0.6) is 0 Å². The van der Waals surface area contributed by atoms with Crippen molar-refractivity contribution in [3.05, 3.63) is 35.4 Å². The lowest BCUT2D eigenvalue weighted by atomic mass is 10.0. The molecule has 1 aromatic carbocycles. The highest BCUT2D eigenvalue weighted by molar-refractivity contribution is 14.0. The zero-order valence-electron chi connectivity index (χ0n) is 18.3. The molecule has 2 aliphatic heterocycles. The number of guanidine groups is 1. The molecule has 0 radical (unpaired) electrons. The number of carbonyl (C=O) groups is 1. The van der Waals surface area contributed by atoms with E-state index in [1.165, 1.54) is 11.1 Å². The molecular weight excluding hydrogens is 509 g/mol. The molecule has 1 aromatic rings. The predicted molar refractivity (Wildman–Crippen MR) is 132 cm³/mol. The monoisotopic (exact) mass is 545 g/mol. The van der Waals surface area contributed by atoms with Gasteiger partial charge in [0, 0.05) is 38.8 Å². The third-order valence-electron chi connectivity index (χ3n) is 5.86. The predicted octanol–water partition coefficient (Wildman–Crippen LogP) is 2.29. The molecule has 0 aliphatic carbocycles. The van der Waals surface area contributed by atoms with Crippen LogP contribution in [0.25, 0.3) is 0 Å². The third-order valence-corrected chi connectivity index (χ3v) is 5.86. The second kappa shape index (κ2) is 13.1. The number of halogens is 1. The number of carbonyl (C=O) groups excluding carboxylic acids is 1. The number of ether oxygens (including phenoxy) is 1. The van der Waals surface area contributed by atoms with Gasteiger partial charge in [0.2, 0.25) is 0 Å². The topological polar surface area (TPSA) is 103 Å². The van der Waals surface area contributed by atoms with Crippen molar-refractivity contribution < 1.29 is 14.6 Å². The van der Waals surface area contributed by atoms with E-state index in [1.807, 2.05) is 13.0 Å². The van der Waals surface area contributed by atoms with Crippen molar-refractivity contribution in [3.8, 4) is 0 Å². The van der Waals surface area contributed by atoms with Crippen LogP contribution in [-0.2, 0) is 17.8 Å². The first kappa shape index (κ1) is 25.7. The molecule has 0 spiro atoms. The largest absolute Gasteiger partial charge is 0.450 e. The number of nitrogens with one attached hydrogen (secondary N) is 1. The number of rotatable bonds is 6. The van der Waals surface area contributed by atoms with Crippen LogP contribution in [-0.4, -0.2) is 71.9 Å². The van der Waals surface area contributed by atoms with Crippen molar-refractivity contribution in [2.24, 2.45) is 10.7 Å². The lowest BCUT2D eigenvalue weighted by molar-refractivity contribution is 0.0791. The van der Waals surface area contributed by atoms with Crippen LogP contribution >= 0.6 is 24.0 Å². The van der Waals surface area contributed by atoms with Gasteiger partial charge >= 0.3 is 6.09 Å². The van der Waals surface area contributed by atoms with Gasteiger partial charge in [0.05, 0.1) is 19.3 Å². The average Bonchev–Trinajstić information content (AvgIpc) is 2.75. The Bertz CT molecular complexity index is 717. The second-order valence-electron chi connectivity index (χ2n) is 8.08. The zero-order valence-corrected chi connectivity index (χ0v) is 20.7. The number of likely N-dealkylation sites (tertiary alicyclic amines) is 2. The Morgan fingerprint density at radius 1 is 1.16 bits per heavy atom. The molecule has 3 rings (SSSR count). The smallest absolute Gasteiger partial charge is 0.409 e. The average molecular weight is 545 g/mol. The summed E-state index contributed by atoms with van der Waals surface area (Å²) in [6.45, 7) is 6.80. The molecule has 2 heterocycles. The lowest BCUT2D eigenvalue weighted by Crippen LogP contribution is -2.48. The van der Waals surface area contributed by atoms with E-state index in [0.717, 1.165) is 45.3 Å². The first-order chi connectivity index (χ1) is 14.5. The van der Waals surface area contributed by atoms with Crippen LogP contribution in [0.15, 0.2) is 29.3 Å². The second-order valence-corrected chi connectivity index (χ2v) is 8.08. The van der Waals surface area contributed by atoms with E-state index >= 15 is 0 Å². The van der Waals surface area contributed by atoms with E-state index in [0.29, 0.717) is 32.2 Å². The van der Waals surface area contributed by atoms with E-state index < -0.39 is 0 Å². The van der Waals surface area contributed by atoms with Gasteiger partial charge in [0.1, 0.15) is 0 Å². The van der Waals surface area contributed by atoms with Crippen LogP contribution in [0.1, 0.15) is 43.7 Å². The fourth-order valence-electron chi connectivity index (χ4n) is 4.03. The molecule has 2 saturated heterocycles. The van der Waals surface area contributed by atoms with Crippen molar-refractivity contribution in [3.63, 3.8) is 0 Å². The minimum absolute atomic E-state index is 0. The molecule has 174 valence electrons. The number of amides is 1. The number of nitrogens with zero attached hydrogens (tertiary/aromatic N) is 3. The SMILES string of the molecule is CCOC(=O)N1CCC(NC(N)=NCc2ccccc2CN2CCC(O)CC2)CC1.I. The molecule has 0 atom stereocenters. The summed E-state index contributed by atoms with van der Waals surface area (Å²) < 4.78 is 5.06. The Kier molecular flexibility index (Phi) is 10.8. The van der Waals surface area contributed by atoms with E-state index in [9.17, 15) is 9.90 Å². The number of piperidine rings is 2. The Morgan fingerprint density at radius 3 is 2.45 bits per heavy atom. The Hall–Kier alpha value is -1.59. The van der Waals surface area contributed by atoms with Crippen LogP contribution in [0.4, 0.5) is 4.79 Å². The van der Waals surface area contributed by atoms with Crippen LogP contribution < -0.4 is 11.1 Å². The summed E-state index contributed by atoms with van der Waals surface area (Å²) >= 11 is 0. The number of aliphatic imine (C=N–C) groups is 1. The van der Waals surface area contributed by atoms with Crippen LogP contribution in [0, 0.1) is 0 Å². The Morgan fingerprint density at radius 2 is 1.81 bits per heavy atom. The number of hydrogen-bond donors (Lipinski definition) is 3. The summed E-state index contributed by atoms with van der Waals surface area (Å²) in [5, 5.41) is 13.0. The van der Waals surface area contributed by atoms with Gasteiger partial charge in [0.15, 0.2) is 5.96 Å². The molecule has 0 saturated carbocycles. The number of aliphatic hydroxyl groups is 1. The van der Waals surface area contributed by atoms with E-state index in [-0.39, 0.29) is 42.2 Å². The minimum atomic E-state index is -0.239. The molecule has 0 unspecified atom stereocenters. The first-order valence-corrected chi connectivity index (χ1v) is 11.0. The normalized spacial score (nSPS) is 19.0. The number of benzene rings is 1. The molecule has 0 aromatic heterocycles. The zero-order chi connectivity index (χ0) is 21.3. The minimum Gasteiger partial charge on any atom is -0.450 e. The highest BCUT2D eigenvalue weighted by Gasteiger charge is 2.23. The summed E-state index contributed by atoms with van der Waals surface area (Å²) in [6, 6.07) is 8.55. The molecule has 8 nitrogen and oxygen atoms in total. The van der Waals surface area contributed by atoms with E-state index in [4.69, 9.17) is 10.5 Å². The molecule has 2 fully saturated rings. The quantitative estimate of drug-likeness (QED) is 0.288. The summed E-state index contributed by atoms with van der Waals surface area (Å²) in [5.74, 6) is 0.445. The highest BCUT2D eigenvalue weighted by Crippen LogP contribution is 2.17. The summed E-state index contributed by atoms with van der Waals surface area (Å²) in [5.41, 5.74) is 8.57. The molecule has 2 aliphatic rings. The van der Waals surface area contributed by atoms with Gasteiger partial charge in [-0.05, 0) is 43.7 Å². The number of nitrogens with two attached hydrogens (primary N) is 1. The summed E-state index contributed by atoms with van der Waals surface area (Å²) in [6.07, 6.45) is 2.94. The highest BCUT2D eigenvalue weighted by atomic mass is 127.